The maximum Gasteiger partial charge on any atom is 0.234 e. The molecule has 1 aromatic rings. The summed E-state index contributed by atoms with van der Waals surface area (Å²) in [6.45, 7) is 0.483. The molecule has 4 heteroatoms. The molecular weight excluding hydrogens is 255 g/mol. The van der Waals surface area contributed by atoms with Crippen molar-refractivity contribution in [3.8, 4) is 6.07 Å². The van der Waals surface area contributed by atoms with Crippen LogP contribution in [0.25, 0.3) is 0 Å². The summed E-state index contributed by atoms with van der Waals surface area (Å²) >= 11 is 0. The first-order valence-electron chi connectivity index (χ1n) is 7.06. The fourth-order valence-electron chi connectivity index (χ4n) is 3.02. The average Bonchev–Trinajstić information content (AvgIpc) is 2.46. The van der Waals surface area contributed by atoms with Gasteiger partial charge < -0.3 is 5.32 Å². The molecule has 0 heterocycles. The van der Waals surface area contributed by atoms with Crippen LogP contribution >= 0.6 is 0 Å². The topological polar surface area (TPSA) is 52.9 Å². The quantitative estimate of drug-likeness (QED) is 0.917. The SMILES string of the molecule is N#CCC(=O)NCC1(c2cccc(F)c2)CCCCC1. The van der Waals surface area contributed by atoms with Gasteiger partial charge in [0.1, 0.15) is 12.2 Å². The van der Waals surface area contributed by atoms with Gasteiger partial charge in [0.2, 0.25) is 5.91 Å². The van der Waals surface area contributed by atoms with Crippen LogP contribution in [0.1, 0.15) is 44.1 Å². The second-order valence-corrected chi connectivity index (χ2v) is 5.46. The predicted octanol–water partition coefficient (Wildman–Crippen LogP) is 3.06. The second-order valence-electron chi connectivity index (χ2n) is 5.46. The minimum Gasteiger partial charge on any atom is -0.354 e. The Morgan fingerprint density at radius 1 is 1.35 bits per heavy atom. The van der Waals surface area contributed by atoms with Crippen LogP contribution in [0.15, 0.2) is 24.3 Å². The van der Waals surface area contributed by atoms with Crippen molar-refractivity contribution in [2.24, 2.45) is 0 Å². The van der Waals surface area contributed by atoms with Gasteiger partial charge >= 0.3 is 0 Å². The lowest BCUT2D eigenvalue weighted by molar-refractivity contribution is -0.120. The van der Waals surface area contributed by atoms with Gasteiger partial charge in [0, 0.05) is 12.0 Å². The zero-order chi connectivity index (χ0) is 14.4. The predicted molar refractivity (Wildman–Crippen MR) is 74.4 cm³/mol. The molecule has 1 amide bonds. The van der Waals surface area contributed by atoms with Gasteiger partial charge in [0.15, 0.2) is 0 Å². The molecule has 0 radical (unpaired) electrons. The van der Waals surface area contributed by atoms with Crippen molar-refractivity contribution < 1.29 is 9.18 Å². The molecule has 1 fully saturated rings. The number of nitrogens with zero attached hydrogens (tertiary/aromatic N) is 1. The second kappa shape index (κ2) is 6.51. The number of benzene rings is 1. The van der Waals surface area contributed by atoms with Crippen molar-refractivity contribution in [2.45, 2.75) is 43.9 Å². The highest BCUT2D eigenvalue weighted by Crippen LogP contribution is 2.39. The Balaban J connectivity index is 2.17. The smallest absolute Gasteiger partial charge is 0.234 e. The molecule has 0 aliphatic heterocycles. The van der Waals surface area contributed by atoms with Crippen LogP contribution in [0, 0.1) is 17.1 Å². The van der Waals surface area contributed by atoms with Gasteiger partial charge in [-0.05, 0) is 30.5 Å². The Hall–Kier alpha value is -1.89. The number of carbonyl (C=O) groups excluding carboxylic acids is 1. The summed E-state index contributed by atoms with van der Waals surface area (Å²) in [4.78, 5) is 11.5. The monoisotopic (exact) mass is 274 g/mol. The summed E-state index contributed by atoms with van der Waals surface area (Å²) in [5.74, 6) is -0.496. The number of nitriles is 1. The van der Waals surface area contributed by atoms with Gasteiger partial charge in [-0.25, -0.2) is 4.39 Å². The molecule has 1 N–H and O–H groups in total. The Bertz CT molecular complexity index is 515. The Labute approximate surface area is 118 Å². The van der Waals surface area contributed by atoms with Gasteiger partial charge in [-0.1, -0.05) is 31.4 Å². The molecule has 2 rings (SSSR count). The van der Waals surface area contributed by atoms with Crippen LogP contribution in [0.2, 0.25) is 0 Å². The Kier molecular flexibility index (Phi) is 4.73. The minimum atomic E-state index is -0.256. The highest BCUT2D eigenvalue weighted by molar-refractivity contribution is 5.78. The van der Waals surface area contributed by atoms with Crippen molar-refractivity contribution in [3.05, 3.63) is 35.6 Å². The molecule has 20 heavy (non-hydrogen) atoms. The van der Waals surface area contributed by atoms with Crippen LogP contribution in [-0.2, 0) is 10.2 Å². The number of amides is 1. The van der Waals surface area contributed by atoms with Crippen molar-refractivity contribution in [2.75, 3.05) is 6.54 Å². The maximum atomic E-state index is 13.5. The number of carbonyl (C=O) groups is 1. The zero-order valence-electron chi connectivity index (χ0n) is 11.5. The fourth-order valence-corrected chi connectivity index (χ4v) is 3.02. The van der Waals surface area contributed by atoms with Crippen molar-refractivity contribution in [3.63, 3.8) is 0 Å². The third-order valence-electron chi connectivity index (χ3n) is 4.11. The van der Waals surface area contributed by atoms with E-state index in [0.29, 0.717) is 6.54 Å². The summed E-state index contributed by atoms with van der Waals surface area (Å²) in [6.07, 6.45) is 5.13. The number of halogens is 1. The number of hydrogen-bond donors (Lipinski definition) is 1. The van der Waals surface area contributed by atoms with Crippen molar-refractivity contribution in [1.82, 2.24) is 5.32 Å². The van der Waals surface area contributed by atoms with E-state index in [0.717, 1.165) is 31.2 Å². The first-order chi connectivity index (χ1) is 9.66. The van der Waals surface area contributed by atoms with E-state index in [-0.39, 0.29) is 23.6 Å². The molecule has 106 valence electrons. The largest absolute Gasteiger partial charge is 0.354 e. The third-order valence-corrected chi connectivity index (χ3v) is 4.11. The summed E-state index contributed by atoms with van der Waals surface area (Å²) < 4.78 is 13.5. The number of rotatable bonds is 4. The van der Waals surface area contributed by atoms with E-state index >= 15 is 0 Å². The zero-order valence-corrected chi connectivity index (χ0v) is 11.5. The van der Waals surface area contributed by atoms with Crippen LogP contribution in [0.3, 0.4) is 0 Å². The van der Waals surface area contributed by atoms with Gasteiger partial charge in [0.25, 0.3) is 0 Å². The molecule has 0 saturated heterocycles. The lowest BCUT2D eigenvalue weighted by atomic mass is 9.69. The fraction of sp³-hybridized carbons (Fsp3) is 0.500. The molecule has 0 aromatic heterocycles. The third kappa shape index (κ3) is 3.36. The summed E-state index contributed by atoms with van der Waals surface area (Å²) in [5, 5.41) is 11.4. The first-order valence-corrected chi connectivity index (χ1v) is 7.06. The Morgan fingerprint density at radius 2 is 2.10 bits per heavy atom. The highest BCUT2D eigenvalue weighted by Gasteiger charge is 2.34. The molecule has 1 saturated carbocycles. The molecule has 0 spiro atoms. The van der Waals surface area contributed by atoms with E-state index in [4.69, 9.17) is 5.26 Å². The van der Waals surface area contributed by atoms with Gasteiger partial charge in [0.05, 0.1) is 6.07 Å². The van der Waals surface area contributed by atoms with Crippen molar-refractivity contribution >= 4 is 5.91 Å². The normalized spacial score (nSPS) is 17.2. The maximum absolute atomic E-state index is 13.5. The van der Waals surface area contributed by atoms with Crippen LogP contribution < -0.4 is 5.32 Å². The summed E-state index contributed by atoms with van der Waals surface area (Å²) in [5.41, 5.74) is 0.764. The molecule has 0 unspecified atom stereocenters. The molecular formula is C16H19FN2O. The van der Waals surface area contributed by atoms with Gasteiger partial charge in [-0.2, -0.15) is 5.26 Å². The molecule has 1 aliphatic rings. The Morgan fingerprint density at radius 3 is 2.75 bits per heavy atom. The van der Waals surface area contributed by atoms with E-state index in [1.807, 2.05) is 12.1 Å². The molecule has 1 aliphatic carbocycles. The molecule has 0 atom stereocenters. The van der Waals surface area contributed by atoms with E-state index in [1.165, 1.54) is 12.5 Å². The minimum absolute atomic E-state index is 0.126. The van der Waals surface area contributed by atoms with Crippen LogP contribution in [0.4, 0.5) is 4.39 Å². The summed E-state index contributed by atoms with van der Waals surface area (Å²) in [7, 11) is 0. The number of nitrogens with one attached hydrogen (secondary N) is 1. The van der Waals surface area contributed by atoms with Gasteiger partial charge in [-0.3, -0.25) is 4.79 Å². The lowest BCUT2D eigenvalue weighted by Crippen LogP contribution is -2.42. The summed E-state index contributed by atoms with van der Waals surface area (Å²) in [6, 6.07) is 8.51. The first kappa shape index (κ1) is 14.5. The number of hydrogen-bond acceptors (Lipinski definition) is 2. The standard InChI is InChI=1S/C16H19FN2O/c17-14-6-4-5-13(11-14)16(8-2-1-3-9-16)12-19-15(20)7-10-18/h4-6,11H,1-3,7-9,12H2,(H,19,20). The average molecular weight is 274 g/mol. The van der Waals surface area contributed by atoms with Crippen LogP contribution in [-0.4, -0.2) is 12.5 Å². The molecule has 0 bridgehead atoms. The lowest BCUT2D eigenvalue weighted by Gasteiger charge is -2.38. The van der Waals surface area contributed by atoms with E-state index in [2.05, 4.69) is 5.32 Å². The van der Waals surface area contributed by atoms with Crippen molar-refractivity contribution in [1.29, 1.82) is 5.26 Å². The molecule has 3 nitrogen and oxygen atoms in total. The molecule has 1 aromatic carbocycles. The van der Waals surface area contributed by atoms with E-state index < -0.39 is 0 Å². The van der Waals surface area contributed by atoms with Crippen LogP contribution in [0.5, 0.6) is 0 Å². The van der Waals surface area contributed by atoms with E-state index in [9.17, 15) is 9.18 Å². The van der Waals surface area contributed by atoms with E-state index in [1.54, 1.807) is 12.1 Å². The highest BCUT2D eigenvalue weighted by atomic mass is 19.1. The van der Waals surface area contributed by atoms with Gasteiger partial charge in [-0.15, -0.1) is 0 Å².